The number of rotatable bonds is 5. The van der Waals surface area contributed by atoms with E-state index in [1.807, 2.05) is 0 Å². The van der Waals surface area contributed by atoms with E-state index >= 15 is 0 Å². The average molecular weight is 416 g/mol. The van der Waals surface area contributed by atoms with Crippen molar-refractivity contribution in [3.63, 3.8) is 0 Å². The summed E-state index contributed by atoms with van der Waals surface area (Å²) in [5.74, 6) is 4.68. The van der Waals surface area contributed by atoms with Crippen LogP contribution >= 0.6 is 0 Å². The Morgan fingerprint density at radius 3 is 2.77 bits per heavy atom. The van der Waals surface area contributed by atoms with E-state index in [1.165, 1.54) is 32.1 Å². The van der Waals surface area contributed by atoms with Gasteiger partial charge in [0.05, 0.1) is 24.8 Å². The van der Waals surface area contributed by atoms with Gasteiger partial charge in [-0.3, -0.25) is 4.79 Å². The topological polar surface area (TPSA) is 72.6 Å². The highest BCUT2D eigenvalue weighted by Crippen LogP contribution is 2.64. The second-order valence-electron chi connectivity index (χ2n) is 11.1. The molecule has 4 saturated carbocycles. The zero-order chi connectivity index (χ0) is 20.9. The molecule has 0 amide bonds. The number of ether oxygens (including phenoxy) is 1. The van der Waals surface area contributed by atoms with Crippen molar-refractivity contribution in [3.05, 3.63) is 18.4 Å². The van der Waals surface area contributed by atoms with Crippen LogP contribution in [0.4, 0.5) is 0 Å². The summed E-state index contributed by atoms with van der Waals surface area (Å²) >= 11 is 0. The fraction of sp³-hybridized carbons (Fsp3) is 0.840. The number of methoxy groups -OCH3 is 1. The van der Waals surface area contributed by atoms with E-state index in [2.05, 4.69) is 11.9 Å². The second-order valence-corrected chi connectivity index (χ2v) is 11.1. The van der Waals surface area contributed by atoms with Crippen LogP contribution in [0.3, 0.4) is 0 Å². The molecule has 8 atom stereocenters. The Balaban J connectivity index is 1.29. The van der Waals surface area contributed by atoms with Crippen molar-refractivity contribution in [1.29, 1.82) is 0 Å². The van der Waals surface area contributed by atoms with Gasteiger partial charge in [0, 0.05) is 13.0 Å². The molecule has 0 bridgehead atoms. The van der Waals surface area contributed by atoms with Crippen molar-refractivity contribution in [2.45, 2.75) is 76.7 Å². The Morgan fingerprint density at radius 2 is 2.00 bits per heavy atom. The van der Waals surface area contributed by atoms with Gasteiger partial charge in [0.25, 0.3) is 0 Å². The maximum Gasteiger partial charge on any atom is 0.201 e. The van der Waals surface area contributed by atoms with Gasteiger partial charge in [0.2, 0.25) is 5.89 Å². The third-order valence-corrected chi connectivity index (χ3v) is 9.71. The van der Waals surface area contributed by atoms with E-state index in [-0.39, 0.29) is 11.3 Å². The van der Waals surface area contributed by atoms with Crippen LogP contribution in [0.5, 0.6) is 0 Å². The number of aliphatic hydroxyl groups is 1. The molecule has 0 aromatic carbocycles. The van der Waals surface area contributed by atoms with E-state index < -0.39 is 5.60 Å². The first-order valence-corrected chi connectivity index (χ1v) is 12.1. The van der Waals surface area contributed by atoms with E-state index in [0.29, 0.717) is 36.5 Å². The molecule has 4 aliphatic rings. The normalized spacial score (nSPS) is 45.4. The minimum atomic E-state index is -0.614. The first kappa shape index (κ1) is 20.7. The number of oxazole rings is 1. The van der Waals surface area contributed by atoms with E-state index in [9.17, 15) is 9.90 Å². The lowest BCUT2D eigenvalue weighted by atomic mass is 9.49. The van der Waals surface area contributed by atoms with Gasteiger partial charge in [0.15, 0.2) is 0 Å². The molecule has 4 aliphatic carbocycles. The Kier molecular flexibility index (Phi) is 5.34. The van der Waals surface area contributed by atoms with Crippen LogP contribution in [-0.2, 0) is 16.0 Å². The molecule has 0 saturated heterocycles. The monoisotopic (exact) mass is 415 g/mol. The number of carbonyl (C=O) groups is 1. The van der Waals surface area contributed by atoms with Crippen molar-refractivity contribution >= 4 is 5.78 Å². The molecular weight excluding hydrogens is 378 g/mol. The molecule has 5 rings (SSSR count). The summed E-state index contributed by atoms with van der Waals surface area (Å²) in [6, 6.07) is 0. The highest BCUT2D eigenvalue weighted by molar-refractivity contribution is 5.83. The van der Waals surface area contributed by atoms with Gasteiger partial charge in [-0.15, -0.1) is 0 Å². The molecule has 30 heavy (non-hydrogen) atoms. The number of Topliss-reactive ketones (excluding diaryl/α,β-unsaturated/α-hetero) is 1. The summed E-state index contributed by atoms with van der Waals surface area (Å²) in [4.78, 5) is 17.3. The van der Waals surface area contributed by atoms with E-state index in [1.54, 1.807) is 19.6 Å². The molecule has 4 fully saturated rings. The van der Waals surface area contributed by atoms with Crippen LogP contribution in [0.25, 0.3) is 0 Å². The zero-order valence-electron chi connectivity index (χ0n) is 18.5. The minimum absolute atomic E-state index is 0.142. The van der Waals surface area contributed by atoms with Crippen molar-refractivity contribution in [3.8, 4) is 0 Å². The SMILES string of the molecule is COC[C@@]1(O)CC[C@H]2[C@H](CC[C@@H]3[C@@H]2CC[C@]2(C)[C@@H](C(=O)Cc4ncco4)CC[C@@H]32)C1. The number of carbonyl (C=O) groups excluding carboxylic acids is 1. The molecule has 5 heteroatoms. The van der Waals surface area contributed by atoms with Gasteiger partial charge in [0.1, 0.15) is 12.0 Å². The molecule has 0 aliphatic heterocycles. The van der Waals surface area contributed by atoms with Crippen LogP contribution in [-0.4, -0.2) is 35.2 Å². The first-order chi connectivity index (χ1) is 14.4. The van der Waals surface area contributed by atoms with Crippen LogP contribution in [0.2, 0.25) is 0 Å². The minimum Gasteiger partial charge on any atom is -0.449 e. The number of ketones is 1. The van der Waals surface area contributed by atoms with Crippen molar-refractivity contribution < 1.29 is 19.1 Å². The lowest BCUT2D eigenvalue weighted by Crippen LogP contribution is -2.52. The standard InChI is InChI=1S/C25H37NO4/c1-24-9-7-18-17-8-10-25(28,15-29-2)14-16(17)3-4-19(18)20(24)5-6-21(24)22(27)13-23-26-11-12-30-23/h11-12,16-21,28H,3-10,13-15H2,1-2H3/t16-,17+,18-,19-,20+,21-,24+,25-/m1/s1. The molecule has 1 aromatic heterocycles. The molecule has 1 aromatic rings. The lowest BCUT2D eigenvalue weighted by molar-refractivity contribution is -0.136. The molecular formula is C25H37NO4. The van der Waals surface area contributed by atoms with Crippen LogP contribution in [0.1, 0.15) is 70.6 Å². The second kappa shape index (κ2) is 7.74. The summed E-state index contributed by atoms with van der Waals surface area (Å²) in [7, 11) is 1.70. The Labute approximate surface area is 180 Å². The fourth-order valence-corrected chi connectivity index (χ4v) is 8.50. The summed E-state index contributed by atoms with van der Waals surface area (Å²) in [5.41, 5.74) is -0.472. The van der Waals surface area contributed by atoms with Crippen LogP contribution < -0.4 is 0 Å². The van der Waals surface area contributed by atoms with Crippen LogP contribution in [0.15, 0.2) is 16.9 Å². The van der Waals surface area contributed by atoms with Gasteiger partial charge in [-0.05, 0) is 92.8 Å². The quantitative estimate of drug-likeness (QED) is 0.770. The molecule has 1 N–H and O–H groups in total. The number of nitrogens with zero attached hydrogens (tertiary/aromatic N) is 1. The summed E-state index contributed by atoms with van der Waals surface area (Å²) in [5, 5.41) is 10.9. The predicted molar refractivity (Wildman–Crippen MR) is 113 cm³/mol. The molecule has 0 spiro atoms. The zero-order valence-corrected chi connectivity index (χ0v) is 18.5. The van der Waals surface area contributed by atoms with Crippen LogP contribution in [0, 0.1) is 40.9 Å². The largest absolute Gasteiger partial charge is 0.449 e. The smallest absolute Gasteiger partial charge is 0.201 e. The highest BCUT2D eigenvalue weighted by Gasteiger charge is 2.59. The maximum absolute atomic E-state index is 13.2. The van der Waals surface area contributed by atoms with Gasteiger partial charge in [-0.2, -0.15) is 0 Å². The maximum atomic E-state index is 13.2. The lowest BCUT2D eigenvalue weighted by Gasteiger charge is -2.57. The number of hydrogen-bond acceptors (Lipinski definition) is 5. The van der Waals surface area contributed by atoms with Gasteiger partial charge < -0.3 is 14.3 Å². The van der Waals surface area contributed by atoms with Gasteiger partial charge >= 0.3 is 0 Å². The first-order valence-electron chi connectivity index (χ1n) is 12.1. The predicted octanol–water partition coefficient (Wildman–Crippen LogP) is 4.43. The Hall–Kier alpha value is -1.20. The molecule has 5 nitrogen and oxygen atoms in total. The Bertz CT molecular complexity index is 763. The number of aromatic nitrogens is 1. The molecule has 1 heterocycles. The van der Waals surface area contributed by atoms with E-state index in [4.69, 9.17) is 9.15 Å². The Morgan fingerprint density at radius 1 is 1.17 bits per heavy atom. The molecule has 166 valence electrons. The third-order valence-electron chi connectivity index (χ3n) is 9.71. The molecule has 0 radical (unpaired) electrons. The van der Waals surface area contributed by atoms with Crippen molar-refractivity contribution in [2.24, 2.45) is 40.9 Å². The van der Waals surface area contributed by atoms with Crippen molar-refractivity contribution in [1.82, 2.24) is 4.98 Å². The van der Waals surface area contributed by atoms with Gasteiger partial charge in [-0.1, -0.05) is 6.92 Å². The summed E-state index contributed by atoms with van der Waals surface area (Å²) in [6.07, 6.45) is 13.6. The highest BCUT2D eigenvalue weighted by atomic mass is 16.5. The fourth-order valence-electron chi connectivity index (χ4n) is 8.50. The molecule has 0 unspecified atom stereocenters. The van der Waals surface area contributed by atoms with Crippen molar-refractivity contribution in [2.75, 3.05) is 13.7 Å². The summed E-state index contributed by atoms with van der Waals surface area (Å²) < 4.78 is 10.7. The average Bonchev–Trinajstić information content (AvgIpc) is 3.34. The van der Waals surface area contributed by atoms with Gasteiger partial charge in [-0.25, -0.2) is 4.98 Å². The number of fused-ring (bicyclic) bond motifs is 5. The van der Waals surface area contributed by atoms with E-state index in [0.717, 1.165) is 43.4 Å². The third kappa shape index (κ3) is 3.37. The summed E-state index contributed by atoms with van der Waals surface area (Å²) in [6.45, 7) is 2.88. The number of hydrogen-bond donors (Lipinski definition) is 1.